The summed E-state index contributed by atoms with van der Waals surface area (Å²) in [4.78, 5) is 4.09. The highest BCUT2D eigenvalue weighted by Gasteiger charge is 2.29. The van der Waals surface area contributed by atoms with Crippen molar-refractivity contribution in [3.63, 3.8) is 0 Å². The van der Waals surface area contributed by atoms with Crippen molar-refractivity contribution in [1.29, 1.82) is 0 Å². The van der Waals surface area contributed by atoms with Crippen LogP contribution in [0.25, 0.3) is 0 Å². The highest BCUT2D eigenvalue weighted by atomic mass is 32.2. The van der Waals surface area contributed by atoms with Gasteiger partial charge in [-0.3, -0.25) is 0 Å². The molecule has 0 radical (unpaired) electrons. The second-order valence-electron chi connectivity index (χ2n) is 5.43. The maximum absolute atomic E-state index is 12.8. The Hall–Kier alpha value is -1.54. The summed E-state index contributed by atoms with van der Waals surface area (Å²) in [7, 11) is -4.66. The molecule has 1 heterocycles. The van der Waals surface area contributed by atoms with Crippen molar-refractivity contribution in [3.05, 3.63) is 40.3 Å². The third kappa shape index (κ3) is 3.87. The van der Waals surface area contributed by atoms with E-state index >= 15 is 0 Å². The predicted molar refractivity (Wildman–Crippen MR) is 87.9 cm³/mol. The van der Waals surface area contributed by atoms with Crippen molar-refractivity contribution >= 4 is 26.9 Å². The molecule has 2 aromatic rings. The number of hydrogen-bond donors (Lipinski definition) is 1. The summed E-state index contributed by atoms with van der Waals surface area (Å²) in [6, 6.07) is 5.37. The summed E-state index contributed by atoms with van der Waals surface area (Å²) in [5.41, 5.74) is 0.905. The normalized spacial score (nSPS) is 13.5. The van der Waals surface area contributed by atoms with Gasteiger partial charge in [-0.2, -0.15) is 8.78 Å². The first-order chi connectivity index (χ1) is 10.7. The van der Waals surface area contributed by atoms with Gasteiger partial charge in [0, 0.05) is 11.3 Å². The summed E-state index contributed by atoms with van der Waals surface area (Å²) >= 11 is 1.52. The van der Waals surface area contributed by atoms with Gasteiger partial charge in [0.1, 0.15) is 0 Å². The molecule has 0 spiro atoms. The largest absolute Gasteiger partial charge is 0.376 e. The van der Waals surface area contributed by atoms with Gasteiger partial charge in [-0.05, 0) is 19.1 Å². The van der Waals surface area contributed by atoms with Gasteiger partial charge in [0.05, 0.1) is 27.3 Å². The number of benzene rings is 1. The topological polar surface area (TPSA) is 59.1 Å². The van der Waals surface area contributed by atoms with Gasteiger partial charge in [-0.25, -0.2) is 13.4 Å². The van der Waals surface area contributed by atoms with Crippen LogP contribution in [-0.2, 0) is 9.84 Å². The molecular formula is C15H18F2N2O2S2. The summed E-state index contributed by atoms with van der Waals surface area (Å²) in [5, 5.41) is 5.83. The average molecular weight is 360 g/mol. The van der Waals surface area contributed by atoms with Gasteiger partial charge in [0.15, 0.2) is 0 Å². The Kier molecular flexibility index (Phi) is 5.36. The highest BCUT2D eigenvalue weighted by molar-refractivity contribution is 7.91. The van der Waals surface area contributed by atoms with Crippen LogP contribution in [0.5, 0.6) is 0 Å². The molecule has 23 heavy (non-hydrogen) atoms. The van der Waals surface area contributed by atoms with Crippen molar-refractivity contribution in [2.24, 2.45) is 0 Å². The summed E-state index contributed by atoms with van der Waals surface area (Å²) in [5.74, 6) is -3.15. The average Bonchev–Trinajstić information content (AvgIpc) is 2.97. The number of anilines is 1. The molecule has 0 fully saturated rings. The van der Waals surface area contributed by atoms with E-state index in [1.165, 1.54) is 29.5 Å². The van der Waals surface area contributed by atoms with E-state index in [4.69, 9.17) is 0 Å². The standard InChI is InChI=1S/C15H18F2N2O2S2/c1-9(2)14-19-12(8-22-14)10(3)18-11-6-4-5-7-13(11)23(20,21)15(16)17/h4-10,15,18H,1-3H3. The summed E-state index contributed by atoms with van der Waals surface area (Å²) in [6.45, 7) is 5.88. The Morgan fingerprint density at radius 2 is 1.83 bits per heavy atom. The number of rotatable bonds is 6. The highest BCUT2D eigenvalue weighted by Crippen LogP contribution is 2.30. The minimum absolute atomic E-state index is 0.152. The van der Waals surface area contributed by atoms with Crippen LogP contribution < -0.4 is 5.32 Å². The zero-order chi connectivity index (χ0) is 17.2. The lowest BCUT2D eigenvalue weighted by Crippen LogP contribution is -2.15. The molecule has 0 saturated carbocycles. The minimum Gasteiger partial charge on any atom is -0.376 e. The van der Waals surface area contributed by atoms with Crippen LogP contribution in [0.2, 0.25) is 0 Å². The third-order valence-corrected chi connectivity index (χ3v) is 5.88. The summed E-state index contributed by atoms with van der Waals surface area (Å²) < 4.78 is 49.1. The van der Waals surface area contributed by atoms with Gasteiger partial charge >= 0.3 is 5.76 Å². The Balaban J connectivity index is 2.30. The minimum atomic E-state index is -4.66. The Morgan fingerprint density at radius 3 is 2.39 bits per heavy atom. The Bertz CT molecular complexity index is 773. The molecule has 0 aliphatic rings. The van der Waals surface area contributed by atoms with Crippen molar-refractivity contribution in [1.82, 2.24) is 4.98 Å². The van der Waals surface area contributed by atoms with Crippen molar-refractivity contribution in [3.8, 4) is 0 Å². The van der Waals surface area contributed by atoms with Crippen LogP contribution >= 0.6 is 11.3 Å². The number of alkyl halides is 2. The lowest BCUT2D eigenvalue weighted by molar-refractivity contribution is 0.235. The first-order valence-electron chi connectivity index (χ1n) is 7.06. The SMILES string of the molecule is CC(C)c1nc(C(C)Nc2ccccc2S(=O)(=O)C(F)F)cs1. The number of sulfone groups is 1. The molecule has 1 aromatic heterocycles. The second kappa shape index (κ2) is 6.92. The van der Waals surface area contributed by atoms with Crippen LogP contribution in [0.1, 0.15) is 43.4 Å². The predicted octanol–water partition coefficient (Wildman–Crippen LogP) is 4.44. The molecule has 0 amide bonds. The first-order valence-corrected chi connectivity index (χ1v) is 9.49. The Morgan fingerprint density at radius 1 is 1.17 bits per heavy atom. The number of nitrogens with one attached hydrogen (secondary N) is 1. The molecule has 0 aliphatic carbocycles. The molecule has 1 N–H and O–H groups in total. The smallest absolute Gasteiger partial charge is 0.341 e. The van der Waals surface area contributed by atoms with E-state index in [0.717, 1.165) is 10.7 Å². The molecule has 0 saturated heterocycles. The Labute approximate surface area is 138 Å². The van der Waals surface area contributed by atoms with E-state index < -0.39 is 20.5 Å². The van der Waals surface area contributed by atoms with Crippen LogP contribution in [0.4, 0.5) is 14.5 Å². The van der Waals surface area contributed by atoms with E-state index in [1.54, 1.807) is 6.07 Å². The maximum atomic E-state index is 12.8. The fourth-order valence-corrected chi connectivity index (χ4v) is 3.82. The zero-order valence-electron chi connectivity index (χ0n) is 13.0. The number of para-hydroxylation sites is 1. The van der Waals surface area contributed by atoms with Gasteiger partial charge in [0.25, 0.3) is 0 Å². The van der Waals surface area contributed by atoms with Crippen LogP contribution in [0.3, 0.4) is 0 Å². The summed E-state index contributed by atoms with van der Waals surface area (Å²) in [6.07, 6.45) is 0. The van der Waals surface area contributed by atoms with Crippen LogP contribution in [0, 0.1) is 0 Å². The van der Waals surface area contributed by atoms with Crippen LogP contribution in [-0.4, -0.2) is 19.2 Å². The molecular weight excluding hydrogens is 342 g/mol. The van der Waals surface area contributed by atoms with Crippen LogP contribution in [0.15, 0.2) is 34.5 Å². The number of hydrogen-bond acceptors (Lipinski definition) is 5. The molecule has 2 rings (SSSR count). The van der Waals surface area contributed by atoms with Crippen molar-refractivity contribution in [2.75, 3.05) is 5.32 Å². The fourth-order valence-electron chi connectivity index (χ4n) is 2.00. The van der Waals surface area contributed by atoms with Gasteiger partial charge in [-0.1, -0.05) is 26.0 Å². The maximum Gasteiger partial charge on any atom is 0.341 e. The van der Waals surface area contributed by atoms with Gasteiger partial charge < -0.3 is 5.32 Å². The quantitative estimate of drug-likeness (QED) is 0.827. The monoisotopic (exact) mass is 360 g/mol. The van der Waals surface area contributed by atoms with Gasteiger partial charge in [0.2, 0.25) is 9.84 Å². The van der Waals surface area contributed by atoms with Crippen molar-refractivity contribution < 1.29 is 17.2 Å². The lowest BCUT2D eigenvalue weighted by atomic mass is 10.2. The number of halogens is 2. The number of aromatic nitrogens is 1. The van der Waals surface area contributed by atoms with E-state index in [-0.39, 0.29) is 11.7 Å². The van der Waals surface area contributed by atoms with Gasteiger partial charge in [-0.15, -0.1) is 11.3 Å². The van der Waals surface area contributed by atoms with E-state index in [0.29, 0.717) is 5.92 Å². The third-order valence-electron chi connectivity index (χ3n) is 3.28. The molecule has 1 aromatic carbocycles. The molecule has 126 valence electrons. The molecule has 0 bridgehead atoms. The second-order valence-corrected chi connectivity index (χ2v) is 8.21. The zero-order valence-corrected chi connectivity index (χ0v) is 14.6. The van der Waals surface area contributed by atoms with E-state index in [9.17, 15) is 17.2 Å². The molecule has 1 atom stereocenters. The molecule has 1 unspecified atom stereocenters. The molecule has 8 heteroatoms. The molecule has 0 aliphatic heterocycles. The number of nitrogens with zero attached hydrogens (tertiary/aromatic N) is 1. The van der Waals surface area contributed by atoms with Crippen molar-refractivity contribution in [2.45, 2.75) is 43.4 Å². The molecule has 4 nitrogen and oxygen atoms in total. The van der Waals surface area contributed by atoms with E-state index in [1.807, 2.05) is 26.2 Å². The first kappa shape index (κ1) is 17.8. The fraction of sp³-hybridized carbons (Fsp3) is 0.400. The number of thiazole rings is 1. The lowest BCUT2D eigenvalue weighted by Gasteiger charge is -2.16. The van der Waals surface area contributed by atoms with E-state index in [2.05, 4.69) is 10.3 Å².